The van der Waals surface area contributed by atoms with E-state index in [-0.39, 0.29) is 23.7 Å². The molecule has 0 aliphatic carbocycles. The van der Waals surface area contributed by atoms with Gasteiger partial charge in [-0.05, 0) is 44.4 Å². The first-order valence-electron chi connectivity index (χ1n) is 7.41. The van der Waals surface area contributed by atoms with Gasteiger partial charge in [0, 0.05) is 25.2 Å². The number of rotatable bonds is 5. The number of halogens is 1. The number of sulfonamides is 1. The molecule has 1 aliphatic heterocycles. The molecular weight excluding hydrogens is 291 g/mol. The summed E-state index contributed by atoms with van der Waals surface area (Å²) in [5.41, 5.74) is 0.915. The van der Waals surface area contributed by atoms with Crippen LogP contribution in [0.15, 0.2) is 24.3 Å². The van der Waals surface area contributed by atoms with Gasteiger partial charge in [-0.25, -0.2) is 17.1 Å². The minimum absolute atomic E-state index is 0.0556. The summed E-state index contributed by atoms with van der Waals surface area (Å²) in [4.78, 5) is 0. The second kappa shape index (κ2) is 6.85. The molecule has 1 aliphatic rings. The first kappa shape index (κ1) is 16.4. The first-order valence-corrected chi connectivity index (χ1v) is 9.02. The van der Waals surface area contributed by atoms with Gasteiger partial charge in [-0.15, -0.1) is 0 Å². The Labute approximate surface area is 126 Å². The van der Waals surface area contributed by atoms with E-state index < -0.39 is 10.0 Å². The Kier molecular flexibility index (Phi) is 5.35. The predicted octanol–water partition coefficient (Wildman–Crippen LogP) is 2.29. The van der Waals surface area contributed by atoms with Crippen LogP contribution in [0, 0.1) is 5.82 Å². The first-order chi connectivity index (χ1) is 9.92. The maximum Gasteiger partial charge on any atom is 0.213 e. The summed E-state index contributed by atoms with van der Waals surface area (Å²) >= 11 is 0. The van der Waals surface area contributed by atoms with Crippen molar-refractivity contribution in [3.8, 4) is 0 Å². The molecule has 0 radical (unpaired) electrons. The SMILES string of the molecule is CCS(=O)(=O)N1CCC(NC(C)c2cccc(F)c2)CC1. The number of nitrogens with one attached hydrogen (secondary N) is 1. The van der Waals surface area contributed by atoms with Crippen LogP contribution < -0.4 is 5.32 Å². The normalized spacial score (nSPS) is 19.6. The molecule has 1 aromatic carbocycles. The molecule has 0 aromatic heterocycles. The molecule has 1 aromatic rings. The summed E-state index contributed by atoms with van der Waals surface area (Å²) in [6.07, 6.45) is 1.58. The van der Waals surface area contributed by atoms with Crippen LogP contribution in [0.5, 0.6) is 0 Å². The van der Waals surface area contributed by atoms with Crippen LogP contribution in [0.2, 0.25) is 0 Å². The molecule has 0 saturated carbocycles. The second-order valence-corrected chi connectivity index (χ2v) is 7.77. The van der Waals surface area contributed by atoms with Crippen molar-refractivity contribution in [2.45, 2.75) is 38.8 Å². The molecule has 0 spiro atoms. The third-order valence-electron chi connectivity index (χ3n) is 4.05. The highest BCUT2D eigenvalue weighted by atomic mass is 32.2. The largest absolute Gasteiger partial charge is 0.307 e. The summed E-state index contributed by atoms with van der Waals surface area (Å²) in [6.45, 7) is 4.79. The lowest BCUT2D eigenvalue weighted by molar-refractivity contribution is 0.277. The van der Waals surface area contributed by atoms with Crippen molar-refractivity contribution in [1.82, 2.24) is 9.62 Å². The molecule has 118 valence electrons. The maximum absolute atomic E-state index is 13.2. The van der Waals surface area contributed by atoms with Crippen molar-refractivity contribution in [1.29, 1.82) is 0 Å². The van der Waals surface area contributed by atoms with Crippen molar-refractivity contribution in [3.63, 3.8) is 0 Å². The molecule has 0 bridgehead atoms. The van der Waals surface area contributed by atoms with Gasteiger partial charge in [0.25, 0.3) is 0 Å². The standard InChI is InChI=1S/C15H23FN2O2S/c1-3-21(19,20)18-9-7-15(8-10-18)17-12(2)13-5-4-6-14(16)11-13/h4-6,11-12,15,17H,3,7-10H2,1-2H3. The zero-order valence-electron chi connectivity index (χ0n) is 12.5. The van der Waals surface area contributed by atoms with Crippen molar-refractivity contribution >= 4 is 10.0 Å². The van der Waals surface area contributed by atoms with Gasteiger partial charge < -0.3 is 5.32 Å². The van der Waals surface area contributed by atoms with E-state index in [1.54, 1.807) is 17.3 Å². The number of piperidine rings is 1. The van der Waals surface area contributed by atoms with Crippen LogP contribution in [-0.4, -0.2) is 37.6 Å². The van der Waals surface area contributed by atoms with E-state index in [9.17, 15) is 12.8 Å². The lowest BCUT2D eigenvalue weighted by Crippen LogP contribution is -2.45. The van der Waals surface area contributed by atoms with E-state index in [2.05, 4.69) is 5.32 Å². The molecule has 1 heterocycles. The average molecular weight is 314 g/mol. The maximum atomic E-state index is 13.2. The quantitative estimate of drug-likeness (QED) is 0.907. The van der Waals surface area contributed by atoms with E-state index in [4.69, 9.17) is 0 Å². The molecule has 2 rings (SSSR count). The second-order valence-electron chi connectivity index (χ2n) is 5.52. The van der Waals surface area contributed by atoms with Crippen molar-refractivity contribution in [3.05, 3.63) is 35.6 Å². The highest BCUT2D eigenvalue weighted by molar-refractivity contribution is 7.89. The van der Waals surface area contributed by atoms with E-state index >= 15 is 0 Å². The van der Waals surface area contributed by atoms with E-state index in [1.807, 2.05) is 13.0 Å². The van der Waals surface area contributed by atoms with Crippen LogP contribution in [0.25, 0.3) is 0 Å². The number of hydrogen-bond acceptors (Lipinski definition) is 3. The Hall–Kier alpha value is -0.980. The van der Waals surface area contributed by atoms with Gasteiger partial charge in [-0.1, -0.05) is 12.1 Å². The minimum Gasteiger partial charge on any atom is -0.307 e. The number of hydrogen-bond donors (Lipinski definition) is 1. The highest BCUT2D eigenvalue weighted by Gasteiger charge is 2.27. The third-order valence-corrected chi connectivity index (χ3v) is 5.93. The Balaban J connectivity index is 1.89. The average Bonchev–Trinajstić information content (AvgIpc) is 2.48. The van der Waals surface area contributed by atoms with Crippen LogP contribution in [0.4, 0.5) is 4.39 Å². The molecule has 1 unspecified atom stereocenters. The Morgan fingerprint density at radius 3 is 2.62 bits per heavy atom. The molecule has 21 heavy (non-hydrogen) atoms. The molecule has 1 fully saturated rings. The molecular formula is C15H23FN2O2S. The van der Waals surface area contributed by atoms with Crippen LogP contribution >= 0.6 is 0 Å². The Morgan fingerprint density at radius 2 is 2.05 bits per heavy atom. The topological polar surface area (TPSA) is 49.4 Å². The molecule has 1 N–H and O–H groups in total. The van der Waals surface area contributed by atoms with Crippen molar-refractivity contribution in [2.75, 3.05) is 18.8 Å². The van der Waals surface area contributed by atoms with Gasteiger partial charge in [0.05, 0.1) is 5.75 Å². The highest BCUT2D eigenvalue weighted by Crippen LogP contribution is 2.19. The fourth-order valence-corrected chi connectivity index (χ4v) is 3.84. The van der Waals surface area contributed by atoms with Crippen molar-refractivity contribution < 1.29 is 12.8 Å². The number of benzene rings is 1. The summed E-state index contributed by atoms with van der Waals surface area (Å²) in [5, 5.41) is 3.46. The lowest BCUT2D eigenvalue weighted by Gasteiger charge is -2.33. The monoisotopic (exact) mass is 314 g/mol. The van der Waals surface area contributed by atoms with Crippen molar-refractivity contribution in [2.24, 2.45) is 0 Å². The third kappa shape index (κ3) is 4.25. The fraction of sp³-hybridized carbons (Fsp3) is 0.600. The zero-order chi connectivity index (χ0) is 15.5. The molecule has 0 amide bonds. The summed E-state index contributed by atoms with van der Waals surface area (Å²) < 4.78 is 38.4. The van der Waals surface area contributed by atoms with Gasteiger partial charge >= 0.3 is 0 Å². The van der Waals surface area contributed by atoms with E-state index in [0.29, 0.717) is 13.1 Å². The summed E-state index contributed by atoms with van der Waals surface area (Å²) in [5.74, 6) is -0.0739. The Morgan fingerprint density at radius 1 is 1.38 bits per heavy atom. The lowest BCUT2D eigenvalue weighted by atomic mass is 10.0. The van der Waals surface area contributed by atoms with Crippen LogP contribution in [0.3, 0.4) is 0 Å². The van der Waals surface area contributed by atoms with E-state index in [0.717, 1.165) is 18.4 Å². The summed E-state index contributed by atoms with van der Waals surface area (Å²) in [6, 6.07) is 6.90. The Bertz CT molecular complexity index is 569. The van der Waals surface area contributed by atoms with Crippen LogP contribution in [0.1, 0.15) is 38.3 Å². The molecule has 1 saturated heterocycles. The molecule has 6 heteroatoms. The van der Waals surface area contributed by atoms with Gasteiger partial charge in [-0.3, -0.25) is 0 Å². The predicted molar refractivity (Wildman–Crippen MR) is 82.0 cm³/mol. The minimum atomic E-state index is -3.07. The van der Waals surface area contributed by atoms with Gasteiger partial charge in [-0.2, -0.15) is 0 Å². The fourth-order valence-electron chi connectivity index (χ4n) is 2.71. The van der Waals surface area contributed by atoms with Crippen LogP contribution in [-0.2, 0) is 10.0 Å². The smallest absolute Gasteiger partial charge is 0.213 e. The number of nitrogens with zero attached hydrogens (tertiary/aromatic N) is 1. The molecule has 4 nitrogen and oxygen atoms in total. The van der Waals surface area contributed by atoms with Gasteiger partial charge in [0.2, 0.25) is 10.0 Å². The summed E-state index contributed by atoms with van der Waals surface area (Å²) in [7, 11) is -3.07. The zero-order valence-corrected chi connectivity index (χ0v) is 13.4. The molecule has 1 atom stereocenters. The van der Waals surface area contributed by atoms with Gasteiger partial charge in [0.1, 0.15) is 5.82 Å². The van der Waals surface area contributed by atoms with Gasteiger partial charge in [0.15, 0.2) is 0 Å². The van der Waals surface area contributed by atoms with E-state index in [1.165, 1.54) is 12.1 Å².